The van der Waals surface area contributed by atoms with E-state index >= 15 is 0 Å². The van der Waals surface area contributed by atoms with Gasteiger partial charge in [0.05, 0.1) is 5.56 Å². The molecule has 3 heteroatoms. The number of halogens is 3. The lowest BCUT2D eigenvalue weighted by Gasteiger charge is -2.08. The summed E-state index contributed by atoms with van der Waals surface area (Å²) in [5, 5.41) is 1.49. The third-order valence-electron chi connectivity index (χ3n) is 2.64. The molecule has 2 rings (SSSR count). The summed E-state index contributed by atoms with van der Waals surface area (Å²) in [5.41, 5.74) is 0.538. The number of rotatable bonds is 1. The molecule has 0 nitrogen and oxygen atoms in total. The van der Waals surface area contributed by atoms with Gasteiger partial charge in [-0.05, 0) is 34.9 Å². The highest BCUT2D eigenvalue weighted by molar-refractivity contribution is 5.83. The second-order valence-corrected chi connectivity index (χ2v) is 3.75. The summed E-state index contributed by atoms with van der Waals surface area (Å²) in [6.45, 7) is 2.02. The molecular weight excluding hydrogens is 213 g/mol. The van der Waals surface area contributed by atoms with E-state index in [1.54, 1.807) is 6.07 Å². The van der Waals surface area contributed by atoms with Gasteiger partial charge in [0, 0.05) is 0 Å². The van der Waals surface area contributed by atoms with Gasteiger partial charge in [-0.1, -0.05) is 31.2 Å². The van der Waals surface area contributed by atoms with Crippen molar-refractivity contribution in [3.05, 3.63) is 47.5 Å². The van der Waals surface area contributed by atoms with Gasteiger partial charge in [-0.15, -0.1) is 0 Å². The van der Waals surface area contributed by atoms with E-state index in [-0.39, 0.29) is 0 Å². The van der Waals surface area contributed by atoms with E-state index in [0.29, 0.717) is 5.39 Å². The second kappa shape index (κ2) is 3.81. The Bertz CT molecular complexity index is 512. The minimum atomic E-state index is -4.27. The summed E-state index contributed by atoms with van der Waals surface area (Å²) < 4.78 is 37.4. The highest BCUT2D eigenvalue weighted by Gasteiger charge is 2.30. The Labute approximate surface area is 91.7 Å². The lowest BCUT2D eigenvalue weighted by atomic mass is 10.0. The Morgan fingerprint density at radius 1 is 0.938 bits per heavy atom. The molecule has 2 aromatic carbocycles. The van der Waals surface area contributed by atoms with Gasteiger partial charge in [-0.2, -0.15) is 13.2 Å². The first-order valence-electron chi connectivity index (χ1n) is 5.10. The Balaban J connectivity index is 2.56. The van der Waals surface area contributed by atoms with Crippen molar-refractivity contribution in [2.75, 3.05) is 0 Å². The number of aryl methyl sites for hydroxylation is 1. The molecule has 0 saturated heterocycles. The molecule has 0 atom stereocenters. The summed E-state index contributed by atoms with van der Waals surface area (Å²) in [6, 6.07) is 9.37. The van der Waals surface area contributed by atoms with Crippen molar-refractivity contribution in [1.29, 1.82) is 0 Å². The molecule has 84 valence electrons. The van der Waals surface area contributed by atoms with Crippen LogP contribution in [0, 0.1) is 0 Å². The van der Waals surface area contributed by atoms with Crippen LogP contribution in [0.15, 0.2) is 36.4 Å². The fourth-order valence-electron chi connectivity index (χ4n) is 1.69. The van der Waals surface area contributed by atoms with Crippen LogP contribution in [0.3, 0.4) is 0 Å². The van der Waals surface area contributed by atoms with Crippen LogP contribution in [0.25, 0.3) is 10.8 Å². The molecule has 2 aromatic rings. The van der Waals surface area contributed by atoms with E-state index in [4.69, 9.17) is 0 Å². The maximum atomic E-state index is 12.5. The molecule has 0 aliphatic heterocycles. The van der Waals surface area contributed by atoms with Gasteiger partial charge < -0.3 is 0 Å². The molecule has 0 aliphatic carbocycles. The van der Waals surface area contributed by atoms with Crippen LogP contribution < -0.4 is 0 Å². The van der Waals surface area contributed by atoms with Gasteiger partial charge in [0.15, 0.2) is 0 Å². The molecule has 0 aliphatic rings. The van der Waals surface area contributed by atoms with Gasteiger partial charge in [0.25, 0.3) is 0 Å². The molecule has 0 N–H and O–H groups in total. The number of hydrogen-bond donors (Lipinski definition) is 0. The van der Waals surface area contributed by atoms with Crippen molar-refractivity contribution in [2.45, 2.75) is 19.5 Å². The van der Waals surface area contributed by atoms with E-state index in [2.05, 4.69) is 0 Å². The average molecular weight is 224 g/mol. The molecule has 0 heterocycles. The molecule has 0 spiro atoms. The number of hydrogen-bond acceptors (Lipinski definition) is 0. The summed E-state index contributed by atoms with van der Waals surface area (Å²) in [7, 11) is 0. The summed E-state index contributed by atoms with van der Waals surface area (Å²) in [4.78, 5) is 0. The fraction of sp³-hybridized carbons (Fsp3) is 0.231. The Morgan fingerprint density at radius 2 is 1.56 bits per heavy atom. The molecule has 0 fully saturated rings. The fourth-order valence-corrected chi connectivity index (χ4v) is 1.69. The molecule has 0 amide bonds. The topological polar surface area (TPSA) is 0 Å². The molecule has 0 aromatic heterocycles. The van der Waals surface area contributed by atoms with Crippen LogP contribution in [-0.2, 0) is 12.6 Å². The smallest absolute Gasteiger partial charge is 0.166 e. The van der Waals surface area contributed by atoms with Crippen LogP contribution >= 0.6 is 0 Å². The molecule has 0 bridgehead atoms. The molecular formula is C13H11F3. The van der Waals surface area contributed by atoms with E-state index < -0.39 is 11.7 Å². The van der Waals surface area contributed by atoms with Gasteiger partial charge in [0.1, 0.15) is 0 Å². The van der Waals surface area contributed by atoms with Crippen LogP contribution in [0.2, 0.25) is 0 Å². The maximum absolute atomic E-state index is 12.5. The largest absolute Gasteiger partial charge is 0.416 e. The van der Waals surface area contributed by atoms with Crippen molar-refractivity contribution < 1.29 is 13.2 Å². The maximum Gasteiger partial charge on any atom is 0.416 e. The van der Waals surface area contributed by atoms with Crippen LogP contribution in [0.5, 0.6) is 0 Å². The molecule has 0 radical (unpaired) electrons. The third-order valence-corrected chi connectivity index (χ3v) is 2.64. The first-order valence-corrected chi connectivity index (χ1v) is 5.10. The van der Waals surface area contributed by atoms with Gasteiger partial charge >= 0.3 is 6.18 Å². The zero-order valence-electron chi connectivity index (χ0n) is 8.81. The van der Waals surface area contributed by atoms with Crippen LogP contribution in [0.1, 0.15) is 18.1 Å². The minimum absolute atomic E-state index is 0.593. The predicted octanol–water partition coefficient (Wildman–Crippen LogP) is 4.42. The number of alkyl halides is 3. The molecule has 0 unspecified atom stereocenters. The van der Waals surface area contributed by atoms with Crippen molar-refractivity contribution >= 4 is 10.8 Å². The van der Waals surface area contributed by atoms with Gasteiger partial charge in [-0.3, -0.25) is 0 Å². The highest BCUT2D eigenvalue weighted by Crippen LogP contribution is 2.31. The zero-order valence-corrected chi connectivity index (χ0v) is 8.81. The van der Waals surface area contributed by atoms with E-state index in [9.17, 15) is 13.2 Å². The van der Waals surface area contributed by atoms with Crippen LogP contribution in [0.4, 0.5) is 13.2 Å². The van der Waals surface area contributed by atoms with Gasteiger partial charge in [0.2, 0.25) is 0 Å². The Morgan fingerprint density at radius 3 is 2.19 bits per heavy atom. The minimum Gasteiger partial charge on any atom is -0.166 e. The average Bonchev–Trinajstić information content (AvgIpc) is 2.26. The number of benzene rings is 2. The van der Waals surface area contributed by atoms with Crippen molar-refractivity contribution in [2.24, 2.45) is 0 Å². The monoisotopic (exact) mass is 224 g/mol. The summed E-state index contributed by atoms with van der Waals surface area (Å²) in [6.07, 6.45) is -3.38. The molecule has 0 saturated carbocycles. The summed E-state index contributed by atoms with van der Waals surface area (Å²) >= 11 is 0. The van der Waals surface area contributed by atoms with Crippen molar-refractivity contribution in [1.82, 2.24) is 0 Å². The quantitative estimate of drug-likeness (QED) is 0.672. The molecule has 16 heavy (non-hydrogen) atoms. The lowest BCUT2D eigenvalue weighted by molar-refractivity contribution is -0.137. The normalized spacial score (nSPS) is 12.0. The van der Waals surface area contributed by atoms with E-state index in [1.165, 1.54) is 12.1 Å². The zero-order chi connectivity index (χ0) is 11.8. The third kappa shape index (κ3) is 2.03. The standard InChI is InChI=1S/C13H11F3/c1-2-9-3-4-11-8-12(13(14,15)16)6-5-10(11)7-9/h3-8H,2H2,1H3. The Hall–Kier alpha value is -1.51. The number of fused-ring (bicyclic) bond motifs is 1. The van der Waals surface area contributed by atoms with Crippen molar-refractivity contribution in [3.8, 4) is 0 Å². The second-order valence-electron chi connectivity index (χ2n) is 3.75. The highest BCUT2D eigenvalue weighted by atomic mass is 19.4. The van der Waals surface area contributed by atoms with Gasteiger partial charge in [-0.25, -0.2) is 0 Å². The van der Waals surface area contributed by atoms with E-state index in [1.807, 2.05) is 19.1 Å². The SMILES string of the molecule is CCc1ccc2cc(C(F)(F)F)ccc2c1. The first kappa shape index (κ1) is 11.0. The van der Waals surface area contributed by atoms with Crippen LogP contribution in [-0.4, -0.2) is 0 Å². The Kier molecular flexibility index (Phi) is 2.62. The van der Waals surface area contributed by atoms with E-state index in [0.717, 1.165) is 23.4 Å². The summed E-state index contributed by atoms with van der Waals surface area (Å²) in [5.74, 6) is 0. The lowest BCUT2D eigenvalue weighted by Crippen LogP contribution is -2.04. The predicted molar refractivity (Wildman–Crippen MR) is 58.3 cm³/mol. The first-order chi connectivity index (χ1) is 7.50. The van der Waals surface area contributed by atoms with Crippen molar-refractivity contribution in [3.63, 3.8) is 0 Å².